The first-order valence-electron chi connectivity index (χ1n) is 7.32. The highest BCUT2D eigenvalue weighted by molar-refractivity contribution is 9.10. The summed E-state index contributed by atoms with van der Waals surface area (Å²) < 4.78 is 1.10. The largest absolute Gasteiger partial charge is 0.370 e. The van der Waals surface area contributed by atoms with Gasteiger partial charge in [0.2, 0.25) is 0 Å². The molecule has 0 unspecified atom stereocenters. The number of halogens is 1. The molecular formula is C16H21BrN4. The maximum atomic E-state index is 4.53. The molecule has 0 aliphatic carbocycles. The van der Waals surface area contributed by atoms with Gasteiger partial charge in [0.05, 0.1) is 0 Å². The maximum Gasteiger partial charge on any atom is 0.132 e. The summed E-state index contributed by atoms with van der Waals surface area (Å²) in [6.45, 7) is 5.86. The van der Waals surface area contributed by atoms with Crippen LogP contribution in [0.1, 0.15) is 31.7 Å². The molecule has 0 spiro atoms. The van der Waals surface area contributed by atoms with E-state index < -0.39 is 0 Å². The zero-order chi connectivity index (χ0) is 15.1. The van der Waals surface area contributed by atoms with Crippen molar-refractivity contribution in [3.63, 3.8) is 0 Å². The number of aromatic nitrogens is 2. The second-order valence-electron chi connectivity index (χ2n) is 4.78. The van der Waals surface area contributed by atoms with Crippen LogP contribution in [0.15, 0.2) is 34.8 Å². The summed E-state index contributed by atoms with van der Waals surface area (Å²) in [5, 5.41) is 6.69. The van der Waals surface area contributed by atoms with E-state index in [-0.39, 0.29) is 0 Å². The lowest BCUT2D eigenvalue weighted by molar-refractivity contribution is 0.912. The third-order valence-electron chi connectivity index (χ3n) is 3.06. The van der Waals surface area contributed by atoms with Crippen LogP contribution in [0.2, 0.25) is 0 Å². The summed E-state index contributed by atoms with van der Waals surface area (Å²) in [6, 6.07) is 10.2. The van der Waals surface area contributed by atoms with E-state index in [0.29, 0.717) is 0 Å². The van der Waals surface area contributed by atoms with E-state index in [4.69, 9.17) is 0 Å². The molecule has 112 valence electrons. The predicted molar refractivity (Wildman–Crippen MR) is 91.7 cm³/mol. The summed E-state index contributed by atoms with van der Waals surface area (Å²) in [5.74, 6) is 2.60. The van der Waals surface area contributed by atoms with Crippen LogP contribution in [-0.2, 0) is 13.0 Å². The number of rotatable bonds is 7. The third kappa shape index (κ3) is 4.70. The highest BCUT2D eigenvalue weighted by Gasteiger charge is 2.04. The zero-order valence-corrected chi connectivity index (χ0v) is 14.1. The van der Waals surface area contributed by atoms with E-state index in [0.717, 1.165) is 47.9 Å². The summed E-state index contributed by atoms with van der Waals surface area (Å²) >= 11 is 3.56. The van der Waals surface area contributed by atoms with Gasteiger partial charge in [-0.3, -0.25) is 0 Å². The molecule has 5 heteroatoms. The van der Waals surface area contributed by atoms with Crippen molar-refractivity contribution in [2.45, 2.75) is 33.2 Å². The molecule has 0 saturated heterocycles. The smallest absolute Gasteiger partial charge is 0.132 e. The van der Waals surface area contributed by atoms with Gasteiger partial charge in [-0.25, -0.2) is 9.97 Å². The van der Waals surface area contributed by atoms with Gasteiger partial charge < -0.3 is 10.6 Å². The normalized spacial score (nSPS) is 10.4. The number of nitrogens with one attached hydrogen (secondary N) is 2. The number of benzene rings is 1. The lowest BCUT2D eigenvalue weighted by Crippen LogP contribution is -2.08. The molecular weight excluding hydrogens is 328 g/mol. The Morgan fingerprint density at radius 2 is 1.76 bits per heavy atom. The Morgan fingerprint density at radius 1 is 1.05 bits per heavy atom. The molecule has 2 rings (SSSR count). The summed E-state index contributed by atoms with van der Waals surface area (Å²) in [6.07, 6.45) is 1.90. The van der Waals surface area contributed by atoms with E-state index in [1.54, 1.807) is 0 Å². The average molecular weight is 349 g/mol. The summed E-state index contributed by atoms with van der Waals surface area (Å²) in [5.41, 5.74) is 1.21. The molecule has 21 heavy (non-hydrogen) atoms. The van der Waals surface area contributed by atoms with Crippen molar-refractivity contribution >= 4 is 27.6 Å². The second-order valence-corrected chi connectivity index (χ2v) is 5.63. The summed E-state index contributed by atoms with van der Waals surface area (Å²) in [4.78, 5) is 9.02. The predicted octanol–water partition coefficient (Wildman–Crippen LogP) is 4.24. The van der Waals surface area contributed by atoms with E-state index in [1.165, 1.54) is 5.56 Å². The van der Waals surface area contributed by atoms with Gasteiger partial charge in [0.1, 0.15) is 17.5 Å². The molecule has 0 aliphatic rings. The van der Waals surface area contributed by atoms with Gasteiger partial charge in [0.25, 0.3) is 0 Å². The third-order valence-corrected chi connectivity index (χ3v) is 3.84. The molecule has 0 bridgehead atoms. The van der Waals surface area contributed by atoms with Crippen LogP contribution in [0, 0.1) is 0 Å². The van der Waals surface area contributed by atoms with Gasteiger partial charge in [-0.05, 0) is 18.1 Å². The molecule has 1 aromatic carbocycles. The first kappa shape index (κ1) is 15.8. The Labute approximate surface area is 134 Å². The Morgan fingerprint density at radius 3 is 2.43 bits per heavy atom. The van der Waals surface area contributed by atoms with Crippen LogP contribution in [0.25, 0.3) is 0 Å². The van der Waals surface area contributed by atoms with Crippen LogP contribution in [0.5, 0.6) is 0 Å². The molecule has 0 radical (unpaired) electrons. The van der Waals surface area contributed by atoms with Crippen LogP contribution < -0.4 is 10.6 Å². The average Bonchev–Trinajstić information content (AvgIpc) is 2.52. The minimum absolute atomic E-state index is 0.731. The summed E-state index contributed by atoms with van der Waals surface area (Å²) in [7, 11) is 0. The fourth-order valence-corrected chi connectivity index (χ4v) is 2.34. The molecule has 2 aromatic rings. The van der Waals surface area contributed by atoms with Gasteiger partial charge in [-0.1, -0.05) is 48.0 Å². The quantitative estimate of drug-likeness (QED) is 0.785. The van der Waals surface area contributed by atoms with E-state index in [2.05, 4.69) is 56.4 Å². The van der Waals surface area contributed by atoms with Gasteiger partial charge in [-0.15, -0.1) is 0 Å². The Hall–Kier alpha value is -1.62. The Balaban J connectivity index is 2.09. The molecule has 0 fully saturated rings. The number of anilines is 2. The minimum Gasteiger partial charge on any atom is -0.370 e. The van der Waals surface area contributed by atoms with Crippen molar-refractivity contribution in [2.24, 2.45) is 0 Å². The number of hydrogen-bond donors (Lipinski definition) is 2. The van der Waals surface area contributed by atoms with Crippen molar-refractivity contribution in [2.75, 3.05) is 17.2 Å². The maximum absolute atomic E-state index is 4.53. The standard InChI is InChI=1S/C16H21BrN4/c1-3-9-18-15-10-16(21-14(4-2)20-15)19-11-12-7-5-6-8-13(12)17/h5-8,10H,3-4,9,11H2,1-2H3,(H2,18,19,20,21). The minimum atomic E-state index is 0.731. The fraction of sp³-hybridized carbons (Fsp3) is 0.375. The topological polar surface area (TPSA) is 49.8 Å². The first-order chi connectivity index (χ1) is 10.2. The Kier molecular flexibility index (Phi) is 5.99. The van der Waals surface area contributed by atoms with Crippen molar-refractivity contribution < 1.29 is 0 Å². The molecule has 4 nitrogen and oxygen atoms in total. The van der Waals surface area contributed by atoms with Crippen molar-refractivity contribution in [3.05, 3.63) is 46.2 Å². The van der Waals surface area contributed by atoms with Gasteiger partial charge in [0, 0.05) is 30.0 Å². The second kappa shape index (κ2) is 7.98. The van der Waals surface area contributed by atoms with Crippen LogP contribution in [0.4, 0.5) is 11.6 Å². The Bertz CT molecular complexity index is 586. The molecule has 0 saturated carbocycles. The molecule has 0 atom stereocenters. The highest BCUT2D eigenvalue weighted by Crippen LogP contribution is 2.18. The van der Waals surface area contributed by atoms with Crippen LogP contribution >= 0.6 is 15.9 Å². The van der Waals surface area contributed by atoms with Crippen LogP contribution in [-0.4, -0.2) is 16.5 Å². The molecule has 1 aromatic heterocycles. The molecule has 2 N–H and O–H groups in total. The zero-order valence-electron chi connectivity index (χ0n) is 12.5. The SMILES string of the molecule is CCCNc1cc(NCc2ccccc2Br)nc(CC)n1. The number of hydrogen-bond acceptors (Lipinski definition) is 4. The van der Waals surface area contributed by atoms with Gasteiger partial charge >= 0.3 is 0 Å². The van der Waals surface area contributed by atoms with Crippen molar-refractivity contribution in [1.82, 2.24) is 9.97 Å². The molecule has 0 aliphatic heterocycles. The number of aryl methyl sites for hydroxylation is 1. The molecule has 0 amide bonds. The fourth-order valence-electron chi connectivity index (χ4n) is 1.92. The highest BCUT2D eigenvalue weighted by atomic mass is 79.9. The van der Waals surface area contributed by atoms with Crippen LogP contribution in [0.3, 0.4) is 0 Å². The van der Waals surface area contributed by atoms with E-state index >= 15 is 0 Å². The molecule has 1 heterocycles. The van der Waals surface area contributed by atoms with E-state index in [1.807, 2.05) is 24.3 Å². The van der Waals surface area contributed by atoms with Gasteiger partial charge in [0.15, 0.2) is 0 Å². The van der Waals surface area contributed by atoms with Gasteiger partial charge in [-0.2, -0.15) is 0 Å². The monoisotopic (exact) mass is 348 g/mol. The lowest BCUT2D eigenvalue weighted by Gasteiger charge is -2.11. The lowest BCUT2D eigenvalue weighted by atomic mass is 10.2. The van der Waals surface area contributed by atoms with E-state index in [9.17, 15) is 0 Å². The van der Waals surface area contributed by atoms with Crippen molar-refractivity contribution in [1.29, 1.82) is 0 Å². The first-order valence-corrected chi connectivity index (χ1v) is 8.11. The van der Waals surface area contributed by atoms with Crippen molar-refractivity contribution in [3.8, 4) is 0 Å². The number of nitrogens with zero attached hydrogens (tertiary/aromatic N) is 2.